The van der Waals surface area contributed by atoms with Gasteiger partial charge in [-0.15, -0.1) is 24.0 Å². The topological polar surface area (TPSA) is 87.6 Å². The third kappa shape index (κ3) is 11.1. The number of carbonyl (C=O) groups is 1. The van der Waals surface area contributed by atoms with Gasteiger partial charge in [-0.05, 0) is 38.3 Å². The number of aromatic nitrogens is 1. The lowest BCUT2D eigenvalue weighted by molar-refractivity contribution is 0.0266. The number of nitrogens with one attached hydrogen (secondary N) is 3. The minimum atomic E-state index is -0.127. The Bertz CT molecular complexity index is 540. The summed E-state index contributed by atoms with van der Waals surface area (Å²) in [6.07, 6.45) is 4.32. The van der Waals surface area contributed by atoms with Crippen LogP contribution in [-0.4, -0.2) is 55.7 Å². The van der Waals surface area contributed by atoms with Crippen LogP contribution in [0.3, 0.4) is 0 Å². The third-order valence-electron chi connectivity index (χ3n) is 3.78. The molecule has 8 heteroatoms. The predicted molar refractivity (Wildman–Crippen MR) is 121 cm³/mol. The van der Waals surface area contributed by atoms with Gasteiger partial charge < -0.3 is 20.7 Å². The van der Waals surface area contributed by atoms with Crippen LogP contribution < -0.4 is 16.0 Å². The highest BCUT2D eigenvalue weighted by Gasteiger charge is 2.12. The van der Waals surface area contributed by atoms with Gasteiger partial charge in [0.2, 0.25) is 0 Å². The first kappa shape index (κ1) is 25.6. The van der Waals surface area contributed by atoms with E-state index in [9.17, 15) is 4.79 Å². The molecule has 0 spiro atoms. The van der Waals surface area contributed by atoms with E-state index < -0.39 is 0 Å². The Morgan fingerprint density at radius 3 is 2.56 bits per heavy atom. The fourth-order valence-corrected chi connectivity index (χ4v) is 2.42. The Hall–Kier alpha value is -1.42. The smallest absolute Gasteiger partial charge is 0.252 e. The molecule has 1 aromatic rings. The van der Waals surface area contributed by atoms with Gasteiger partial charge in [-0.3, -0.25) is 14.8 Å². The van der Waals surface area contributed by atoms with Crippen LogP contribution >= 0.6 is 24.0 Å². The van der Waals surface area contributed by atoms with E-state index >= 15 is 0 Å². The molecule has 1 heterocycles. The molecule has 0 aliphatic carbocycles. The summed E-state index contributed by atoms with van der Waals surface area (Å²) < 4.78 is 5.75. The molecule has 1 unspecified atom stereocenters. The van der Waals surface area contributed by atoms with Crippen molar-refractivity contribution in [2.45, 2.75) is 40.2 Å². The van der Waals surface area contributed by atoms with Crippen LogP contribution in [0.15, 0.2) is 29.5 Å². The van der Waals surface area contributed by atoms with E-state index in [-0.39, 0.29) is 36.0 Å². The lowest BCUT2D eigenvalue weighted by Gasteiger charge is -2.20. The van der Waals surface area contributed by atoms with Gasteiger partial charge in [0.15, 0.2) is 5.96 Å². The molecule has 1 amide bonds. The van der Waals surface area contributed by atoms with Gasteiger partial charge in [-0.25, -0.2) is 0 Å². The number of aliphatic imine (C=N–C) groups is 1. The van der Waals surface area contributed by atoms with Gasteiger partial charge in [-0.2, -0.15) is 0 Å². The predicted octanol–water partition coefficient (Wildman–Crippen LogP) is 2.44. The molecule has 1 atom stereocenters. The first-order chi connectivity index (χ1) is 12.6. The van der Waals surface area contributed by atoms with Crippen molar-refractivity contribution in [2.75, 3.05) is 32.8 Å². The van der Waals surface area contributed by atoms with Crippen molar-refractivity contribution < 1.29 is 9.53 Å². The van der Waals surface area contributed by atoms with Crippen molar-refractivity contribution in [2.24, 2.45) is 10.9 Å². The zero-order valence-corrected chi connectivity index (χ0v) is 19.2. The molecule has 27 heavy (non-hydrogen) atoms. The fraction of sp³-hybridized carbons (Fsp3) is 0.632. The molecule has 7 nitrogen and oxygen atoms in total. The number of amides is 1. The molecule has 1 rings (SSSR count). The molecule has 0 radical (unpaired) electrons. The molecule has 154 valence electrons. The number of guanidine groups is 1. The fourth-order valence-electron chi connectivity index (χ4n) is 2.42. The number of halogens is 1. The maximum Gasteiger partial charge on any atom is 0.252 e. The minimum Gasteiger partial charge on any atom is -0.378 e. The molecular formula is C19H34IN5O2. The normalized spacial score (nSPS) is 12.3. The summed E-state index contributed by atoms with van der Waals surface area (Å²) in [5, 5.41) is 9.30. The number of ether oxygens (including phenoxy) is 1. The molecule has 0 bridgehead atoms. The van der Waals surface area contributed by atoms with Crippen molar-refractivity contribution >= 4 is 35.8 Å². The summed E-state index contributed by atoms with van der Waals surface area (Å²) in [5.74, 6) is 1.10. The maximum atomic E-state index is 11.9. The van der Waals surface area contributed by atoms with Crippen LogP contribution in [0.25, 0.3) is 0 Å². The molecule has 0 saturated carbocycles. The molecule has 0 aliphatic rings. The Kier molecular flexibility index (Phi) is 14.8. The summed E-state index contributed by atoms with van der Waals surface area (Å²) in [7, 11) is 0. The summed E-state index contributed by atoms with van der Waals surface area (Å²) in [6.45, 7) is 11.7. The largest absolute Gasteiger partial charge is 0.378 e. The van der Waals surface area contributed by atoms with Gasteiger partial charge in [0.05, 0.1) is 11.7 Å². The van der Waals surface area contributed by atoms with Crippen LogP contribution in [0.2, 0.25) is 0 Å². The Labute approximate surface area is 180 Å². The number of hydrogen-bond donors (Lipinski definition) is 3. The molecule has 0 saturated heterocycles. The van der Waals surface area contributed by atoms with Gasteiger partial charge >= 0.3 is 0 Å². The zero-order valence-electron chi connectivity index (χ0n) is 16.8. The summed E-state index contributed by atoms with van der Waals surface area (Å²) in [6, 6.07) is 3.49. The minimum absolute atomic E-state index is 0. The molecule has 0 aliphatic heterocycles. The van der Waals surface area contributed by atoms with Crippen LogP contribution in [-0.2, 0) is 4.74 Å². The van der Waals surface area contributed by atoms with Gasteiger partial charge in [0.25, 0.3) is 5.91 Å². The summed E-state index contributed by atoms with van der Waals surface area (Å²) in [5.41, 5.74) is 0.559. The highest BCUT2D eigenvalue weighted by Crippen LogP contribution is 2.10. The molecule has 3 N–H and O–H groups in total. The van der Waals surface area contributed by atoms with E-state index in [0.29, 0.717) is 31.1 Å². The van der Waals surface area contributed by atoms with Crippen molar-refractivity contribution in [1.29, 1.82) is 0 Å². The Morgan fingerprint density at radius 1 is 1.22 bits per heavy atom. The monoisotopic (exact) mass is 491 g/mol. The zero-order chi connectivity index (χ0) is 19.2. The van der Waals surface area contributed by atoms with E-state index in [1.165, 1.54) is 0 Å². The number of carbonyl (C=O) groups excluding carboxylic acids is 1. The first-order valence-corrected chi connectivity index (χ1v) is 9.40. The number of rotatable bonds is 11. The van der Waals surface area contributed by atoms with Crippen molar-refractivity contribution in [3.8, 4) is 0 Å². The van der Waals surface area contributed by atoms with Crippen molar-refractivity contribution in [1.82, 2.24) is 20.9 Å². The van der Waals surface area contributed by atoms with Crippen molar-refractivity contribution in [3.63, 3.8) is 0 Å². The Morgan fingerprint density at radius 2 is 1.96 bits per heavy atom. The van der Waals surface area contributed by atoms with Gasteiger partial charge in [0, 0.05) is 45.2 Å². The maximum absolute atomic E-state index is 11.9. The lowest BCUT2D eigenvalue weighted by atomic mass is 10.0. The van der Waals surface area contributed by atoms with E-state index in [1.807, 2.05) is 13.8 Å². The second kappa shape index (κ2) is 15.6. The average molecular weight is 491 g/mol. The van der Waals surface area contributed by atoms with E-state index in [0.717, 1.165) is 25.5 Å². The second-order valence-electron chi connectivity index (χ2n) is 6.21. The molecule has 0 aromatic carbocycles. The highest BCUT2D eigenvalue weighted by atomic mass is 127. The number of hydrogen-bond acceptors (Lipinski definition) is 4. The third-order valence-corrected chi connectivity index (χ3v) is 3.78. The Balaban J connectivity index is 0.00000676. The van der Waals surface area contributed by atoms with Crippen LogP contribution in [0.5, 0.6) is 0 Å². The lowest BCUT2D eigenvalue weighted by Crippen LogP contribution is -2.41. The molecule has 0 fully saturated rings. The summed E-state index contributed by atoms with van der Waals surface area (Å²) >= 11 is 0. The van der Waals surface area contributed by atoms with Crippen LogP contribution in [0.1, 0.15) is 44.5 Å². The second-order valence-corrected chi connectivity index (χ2v) is 6.21. The van der Waals surface area contributed by atoms with Gasteiger partial charge in [0.1, 0.15) is 0 Å². The quantitative estimate of drug-likeness (QED) is 0.192. The van der Waals surface area contributed by atoms with E-state index in [1.54, 1.807) is 24.5 Å². The number of nitrogens with zero attached hydrogens (tertiary/aromatic N) is 2. The van der Waals surface area contributed by atoms with Gasteiger partial charge in [-0.1, -0.05) is 13.8 Å². The van der Waals surface area contributed by atoms with E-state index in [2.05, 4.69) is 39.8 Å². The van der Waals surface area contributed by atoms with E-state index in [4.69, 9.17) is 4.74 Å². The highest BCUT2D eigenvalue weighted by molar-refractivity contribution is 14.0. The van der Waals surface area contributed by atoms with Crippen molar-refractivity contribution in [3.05, 3.63) is 30.1 Å². The molecular weight excluding hydrogens is 457 g/mol. The summed E-state index contributed by atoms with van der Waals surface area (Å²) in [4.78, 5) is 20.5. The first-order valence-electron chi connectivity index (χ1n) is 9.40. The number of pyridine rings is 1. The van der Waals surface area contributed by atoms with Crippen LogP contribution in [0, 0.1) is 5.92 Å². The average Bonchev–Trinajstić information content (AvgIpc) is 2.64. The SMILES string of the molecule is CCNC(=NCCC(OCC)C(C)C)NCCNC(=O)c1cccnc1.I. The standard InChI is InChI=1S/C19H33N5O2.HI/c1-5-21-19(23-11-9-17(15(3)4)26-6-2)24-13-12-22-18(25)16-8-7-10-20-14-16;/h7-8,10,14-15,17H,5-6,9,11-13H2,1-4H3,(H,22,25)(H2,21,23,24);1H. The molecule has 1 aromatic heterocycles. The van der Waals surface area contributed by atoms with Crippen LogP contribution in [0.4, 0.5) is 0 Å².